The third-order valence-electron chi connectivity index (χ3n) is 4.68. The molecule has 1 saturated carbocycles. The molecule has 2 rings (SSSR count). The highest BCUT2D eigenvalue weighted by molar-refractivity contribution is 4.77. The van der Waals surface area contributed by atoms with Gasteiger partial charge in [-0.1, -0.05) is 0 Å². The summed E-state index contributed by atoms with van der Waals surface area (Å²) < 4.78 is 0. The van der Waals surface area contributed by atoms with Crippen LogP contribution in [0, 0.1) is 11.8 Å². The Balaban J connectivity index is 1.66. The molecule has 1 saturated heterocycles. The van der Waals surface area contributed by atoms with Crippen LogP contribution in [0.5, 0.6) is 0 Å². The predicted molar refractivity (Wildman–Crippen MR) is 75.7 cm³/mol. The third kappa shape index (κ3) is 4.52. The molecule has 1 aliphatic heterocycles. The first-order chi connectivity index (χ1) is 8.63. The Bertz CT molecular complexity index is 239. The van der Waals surface area contributed by atoms with Gasteiger partial charge in [0.25, 0.3) is 0 Å². The highest BCUT2D eigenvalue weighted by atomic mass is 16.3. The van der Waals surface area contributed by atoms with Crippen LogP contribution in [-0.4, -0.2) is 61.3 Å². The second-order valence-corrected chi connectivity index (χ2v) is 6.67. The molecule has 0 bridgehead atoms. The molecule has 0 spiro atoms. The van der Waals surface area contributed by atoms with Crippen LogP contribution >= 0.6 is 0 Å². The number of nitrogens with zero attached hydrogens (tertiary/aromatic N) is 2. The molecule has 2 aliphatic rings. The zero-order valence-corrected chi connectivity index (χ0v) is 12.1. The molecule has 0 amide bonds. The molecular formula is C15H30N2O. The van der Waals surface area contributed by atoms with E-state index in [1.54, 1.807) is 0 Å². The maximum absolute atomic E-state index is 9.53. The Morgan fingerprint density at radius 2 is 1.72 bits per heavy atom. The second-order valence-electron chi connectivity index (χ2n) is 6.67. The average Bonchev–Trinajstić information content (AvgIpc) is 2.32. The molecule has 0 radical (unpaired) electrons. The summed E-state index contributed by atoms with van der Waals surface area (Å²) in [6.45, 7) is 5.03. The largest absolute Gasteiger partial charge is 0.393 e. The SMILES string of the molecule is CN1CCCC(CN(C)CC2CCC(O)CC2)C1. The van der Waals surface area contributed by atoms with Crippen molar-refractivity contribution in [1.29, 1.82) is 0 Å². The van der Waals surface area contributed by atoms with E-state index >= 15 is 0 Å². The van der Waals surface area contributed by atoms with Crippen LogP contribution in [0.1, 0.15) is 38.5 Å². The Labute approximate surface area is 112 Å². The minimum absolute atomic E-state index is 0.0152. The van der Waals surface area contributed by atoms with Crippen LogP contribution in [-0.2, 0) is 0 Å². The fourth-order valence-electron chi connectivity index (χ4n) is 3.71. The molecular weight excluding hydrogens is 224 g/mol. The van der Waals surface area contributed by atoms with Crippen molar-refractivity contribution in [2.24, 2.45) is 11.8 Å². The summed E-state index contributed by atoms with van der Waals surface area (Å²) in [7, 11) is 4.52. The maximum Gasteiger partial charge on any atom is 0.0540 e. The highest BCUT2D eigenvalue weighted by Crippen LogP contribution is 2.25. The zero-order valence-electron chi connectivity index (χ0n) is 12.1. The summed E-state index contributed by atoms with van der Waals surface area (Å²) in [5.41, 5.74) is 0. The number of rotatable bonds is 4. The highest BCUT2D eigenvalue weighted by Gasteiger charge is 2.23. The molecule has 2 fully saturated rings. The van der Waals surface area contributed by atoms with Crippen molar-refractivity contribution in [2.45, 2.75) is 44.6 Å². The summed E-state index contributed by atoms with van der Waals surface area (Å²) in [5, 5.41) is 9.53. The van der Waals surface area contributed by atoms with Gasteiger partial charge in [0.1, 0.15) is 0 Å². The van der Waals surface area contributed by atoms with E-state index in [0.29, 0.717) is 0 Å². The van der Waals surface area contributed by atoms with Gasteiger partial charge in [0.15, 0.2) is 0 Å². The van der Waals surface area contributed by atoms with E-state index in [-0.39, 0.29) is 6.10 Å². The molecule has 106 valence electrons. The Morgan fingerprint density at radius 1 is 1.06 bits per heavy atom. The number of likely N-dealkylation sites (tertiary alicyclic amines) is 1. The molecule has 3 heteroatoms. The lowest BCUT2D eigenvalue weighted by atomic mass is 9.87. The zero-order chi connectivity index (χ0) is 13.0. The number of piperidine rings is 1. The summed E-state index contributed by atoms with van der Waals surface area (Å²) in [5.74, 6) is 1.68. The third-order valence-corrected chi connectivity index (χ3v) is 4.68. The quantitative estimate of drug-likeness (QED) is 0.829. The molecule has 1 unspecified atom stereocenters. The van der Waals surface area contributed by atoms with Crippen LogP contribution in [0.2, 0.25) is 0 Å². The summed E-state index contributed by atoms with van der Waals surface area (Å²) in [4.78, 5) is 5.01. The van der Waals surface area contributed by atoms with Crippen molar-refractivity contribution in [1.82, 2.24) is 9.80 Å². The number of aliphatic hydroxyl groups is 1. The van der Waals surface area contributed by atoms with Gasteiger partial charge in [-0.25, -0.2) is 0 Å². The van der Waals surface area contributed by atoms with E-state index < -0.39 is 0 Å². The van der Waals surface area contributed by atoms with Gasteiger partial charge in [-0.2, -0.15) is 0 Å². The van der Waals surface area contributed by atoms with Gasteiger partial charge in [-0.15, -0.1) is 0 Å². The smallest absolute Gasteiger partial charge is 0.0540 e. The van der Waals surface area contributed by atoms with Gasteiger partial charge in [0.05, 0.1) is 6.10 Å². The van der Waals surface area contributed by atoms with Crippen molar-refractivity contribution in [2.75, 3.05) is 40.3 Å². The van der Waals surface area contributed by atoms with Crippen LogP contribution < -0.4 is 0 Å². The first-order valence-corrected chi connectivity index (χ1v) is 7.68. The van der Waals surface area contributed by atoms with Crippen molar-refractivity contribution in [3.05, 3.63) is 0 Å². The minimum Gasteiger partial charge on any atom is -0.393 e. The van der Waals surface area contributed by atoms with Gasteiger partial charge in [0.2, 0.25) is 0 Å². The lowest BCUT2D eigenvalue weighted by molar-refractivity contribution is 0.0911. The van der Waals surface area contributed by atoms with Gasteiger partial charge in [-0.3, -0.25) is 0 Å². The molecule has 18 heavy (non-hydrogen) atoms. The second kappa shape index (κ2) is 6.88. The standard InChI is InChI=1S/C15H30N2O/c1-16-9-3-4-14(11-16)12-17(2)10-13-5-7-15(18)8-6-13/h13-15,18H,3-12H2,1-2H3. The first kappa shape index (κ1) is 14.3. The molecule has 1 heterocycles. The van der Waals surface area contributed by atoms with Gasteiger partial charge in [0, 0.05) is 19.6 Å². The van der Waals surface area contributed by atoms with E-state index in [9.17, 15) is 5.11 Å². The predicted octanol–water partition coefficient (Wildman–Crippen LogP) is 1.81. The average molecular weight is 254 g/mol. The van der Waals surface area contributed by atoms with E-state index in [2.05, 4.69) is 23.9 Å². The molecule has 3 nitrogen and oxygen atoms in total. The summed E-state index contributed by atoms with van der Waals surface area (Å²) in [6, 6.07) is 0. The molecule has 1 atom stereocenters. The lowest BCUT2D eigenvalue weighted by Crippen LogP contribution is -2.39. The number of hydrogen-bond acceptors (Lipinski definition) is 3. The van der Waals surface area contributed by atoms with Crippen molar-refractivity contribution in [3.63, 3.8) is 0 Å². The van der Waals surface area contributed by atoms with Crippen LogP contribution in [0.25, 0.3) is 0 Å². The lowest BCUT2D eigenvalue weighted by Gasteiger charge is -2.34. The van der Waals surface area contributed by atoms with Gasteiger partial charge < -0.3 is 14.9 Å². The van der Waals surface area contributed by atoms with Gasteiger partial charge >= 0.3 is 0 Å². The topological polar surface area (TPSA) is 26.7 Å². The number of hydrogen-bond donors (Lipinski definition) is 1. The molecule has 0 aromatic carbocycles. The molecule has 0 aromatic rings. The molecule has 1 aliphatic carbocycles. The maximum atomic E-state index is 9.53. The fraction of sp³-hybridized carbons (Fsp3) is 1.00. The Hall–Kier alpha value is -0.120. The molecule has 1 N–H and O–H groups in total. The Morgan fingerprint density at radius 3 is 2.39 bits per heavy atom. The van der Waals surface area contributed by atoms with Gasteiger partial charge in [-0.05, 0) is 71.0 Å². The summed E-state index contributed by atoms with van der Waals surface area (Å²) >= 11 is 0. The molecule has 0 aromatic heterocycles. The normalized spacial score (nSPS) is 35.0. The summed E-state index contributed by atoms with van der Waals surface area (Å²) in [6.07, 6.45) is 7.23. The first-order valence-electron chi connectivity index (χ1n) is 7.68. The fourth-order valence-corrected chi connectivity index (χ4v) is 3.71. The van der Waals surface area contributed by atoms with E-state index in [4.69, 9.17) is 0 Å². The van der Waals surface area contributed by atoms with Crippen molar-refractivity contribution in [3.8, 4) is 0 Å². The number of aliphatic hydroxyl groups excluding tert-OH is 1. The van der Waals surface area contributed by atoms with Crippen LogP contribution in [0.15, 0.2) is 0 Å². The van der Waals surface area contributed by atoms with Crippen molar-refractivity contribution >= 4 is 0 Å². The van der Waals surface area contributed by atoms with E-state index in [0.717, 1.165) is 24.7 Å². The monoisotopic (exact) mass is 254 g/mol. The Kier molecular flexibility index (Phi) is 5.46. The van der Waals surface area contributed by atoms with Crippen LogP contribution in [0.4, 0.5) is 0 Å². The van der Waals surface area contributed by atoms with Crippen molar-refractivity contribution < 1.29 is 5.11 Å². The van der Waals surface area contributed by atoms with Crippen LogP contribution in [0.3, 0.4) is 0 Å². The minimum atomic E-state index is -0.0152. The van der Waals surface area contributed by atoms with E-state index in [1.165, 1.54) is 51.9 Å². The van der Waals surface area contributed by atoms with E-state index in [1.807, 2.05) is 0 Å².